The van der Waals surface area contributed by atoms with Gasteiger partial charge in [0, 0.05) is 17.8 Å². The Labute approximate surface area is 121 Å². The number of hydrogen-bond donors (Lipinski definition) is 1. The summed E-state index contributed by atoms with van der Waals surface area (Å²) in [5, 5.41) is 4.97. The van der Waals surface area contributed by atoms with E-state index in [9.17, 15) is 0 Å². The van der Waals surface area contributed by atoms with Crippen LogP contribution in [0.5, 0.6) is 0 Å². The molecule has 0 aromatic heterocycles. The van der Waals surface area contributed by atoms with Crippen LogP contribution < -0.4 is 5.32 Å². The molecular weight excluding hydrogens is 254 g/mol. The summed E-state index contributed by atoms with van der Waals surface area (Å²) in [6.45, 7) is 5.96. The highest BCUT2D eigenvalue weighted by atomic mass is 32.2. The highest BCUT2D eigenvalue weighted by molar-refractivity contribution is 8.14. The van der Waals surface area contributed by atoms with E-state index in [0.717, 1.165) is 6.54 Å². The summed E-state index contributed by atoms with van der Waals surface area (Å²) in [5.74, 6) is 1.24. The van der Waals surface area contributed by atoms with Crippen molar-refractivity contribution in [3.8, 4) is 0 Å². The zero-order valence-corrected chi connectivity index (χ0v) is 13.0. The molecule has 0 amide bonds. The molecule has 1 spiro atoms. The zero-order valence-electron chi connectivity index (χ0n) is 12.2. The lowest BCUT2D eigenvalue weighted by Crippen LogP contribution is -2.45. The van der Waals surface area contributed by atoms with Crippen LogP contribution in [0.4, 0.5) is 0 Å². The number of nitrogens with zero attached hydrogens (tertiary/aromatic N) is 2. The van der Waals surface area contributed by atoms with Gasteiger partial charge in [0.25, 0.3) is 0 Å². The number of aliphatic imine (C=N–C) groups is 1. The van der Waals surface area contributed by atoms with E-state index in [0.29, 0.717) is 11.6 Å². The summed E-state index contributed by atoms with van der Waals surface area (Å²) < 4.78 is 0. The fourth-order valence-electron chi connectivity index (χ4n) is 3.65. The van der Waals surface area contributed by atoms with Crippen molar-refractivity contribution in [2.45, 2.75) is 63.5 Å². The Hall–Kier alpha value is -0.220. The van der Waals surface area contributed by atoms with Crippen LogP contribution in [0, 0.1) is 0 Å². The molecule has 0 aromatic carbocycles. The van der Waals surface area contributed by atoms with Crippen molar-refractivity contribution < 1.29 is 0 Å². The van der Waals surface area contributed by atoms with Gasteiger partial charge in [-0.2, -0.15) is 0 Å². The van der Waals surface area contributed by atoms with E-state index in [-0.39, 0.29) is 0 Å². The van der Waals surface area contributed by atoms with Gasteiger partial charge in [-0.1, -0.05) is 31.0 Å². The Balaban J connectivity index is 1.52. The van der Waals surface area contributed by atoms with Gasteiger partial charge < -0.3 is 10.2 Å². The maximum atomic E-state index is 4.92. The molecule has 1 saturated carbocycles. The second kappa shape index (κ2) is 6.04. The molecule has 0 bridgehead atoms. The fourth-order valence-corrected chi connectivity index (χ4v) is 4.97. The lowest BCUT2D eigenvalue weighted by Gasteiger charge is -2.32. The van der Waals surface area contributed by atoms with Crippen molar-refractivity contribution >= 4 is 16.9 Å². The van der Waals surface area contributed by atoms with Crippen molar-refractivity contribution in [1.29, 1.82) is 0 Å². The molecule has 1 N–H and O–H groups in total. The minimum absolute atomic E-state index is 0.398. The van der Waals surface area contributed by atoms with E-state index in [2.05, 4.69) is 17.1 Å². The minimum atomic E-state index is 0.398. The Morgan fingerprint density at radius 1 is 1.21 bits per heavy atom. The van der Waals surface area contributed by atoms with Gasteiger partial charge in [-0.3, -0.25) is 4.99 Å². The van der Waals surface area contributed by atoms with Gasteiger partial charge >= 0.3 is 0 Å². The lowest BCUT2D eigenvalue weighted by atomic mass is 9.83. The van der Waals surface area contributed by atoms with Gasteiger partial charge in [-0.25, -0.2) is 0 Å². The summed E-state index contributed by atoms with van der Waals surface area (Å²) in [5.41, 5.74) is 0.398. The molecule has 3 aliphatic rings. The second-order valence-corrected chi connectivity index (χ2v) is 7.51. The Morgan fingerprint density at radius 3 is 2.68 bits per heavy atom. The van der Waals surface area contributed by atoms with Crippen LogP contribution in [0.3, 0.4) is 0 Å². The Bertz CT molecular complexity index is 330. The first-order chi connectivity index (χ1) is 9.26. The van der Waals surface area contributed by atoms with E-state index in [1.54, 1.807) is 0 Å². The average molecular weight is 281 g/mol. The van der Waals surface area contributed by atoms with Crippen molar-refractivity contribution in [2.24, 2.45) is 4.99 Å². The molecule has 2 aliphatic heterocycles. The van der Waals surface area contributed by atoms with Crippen molar-refractivity contribution in [1.82, 2.24) is 10.2 Å². The first-order valence-electron chi connectivity index (χ1n) is 7.97. The van der Waals surface area contributed by atoms with Gasteiger partial charge in [0.15, 0.2) is 5.17 Å². The maximum absolute atomic E-state index is 4.92. The summed E-state index contributed by atoms with van der Waals surface area (Å²) in [6, 6.07) is 0.437. The molecule has 108 valence electrons. The van der Waals surface area contributed by atoms with Crippen LogP contribution in [0.15, 0.2) is 4.99 Å². The molecule has 0 aromatic rings. The number of nitrogens with one attached hydrogen (secondary N) is 1. The van der Waals surface area contributed by atoms with E-state index in [1.807, 2.05) is 11.8 Å². The average Bonchev–Trinajstić information content (AvgIpc) is 3.02. The van der Waals surface area contributed by atoms with E-state index >= 15 is 0 Å². The monoisotopic (exact) mass is 281 g/mol. The maximum Gasteiger partial charge on any atom is 0.157 e. The van der Waals surface area contributed by atoms with Gasteiger partial charge in [0.1, 0.15) is 0 Å². The molecule has 3 fully saturated rings. The summed E-state index contributed by atoms with van der Waals surface area (Å²) in [6.07, 6.45) is 9.65. The molecule has 0 radical (unpaired) electrons. The predicted molar refractivity (Wildman–Crippen MR) is 84.0 cm³/mol. The van der Waals surface area contributed by atoms with Crippen LogP contribution in [-0.4, -0.2) is 47.0 Å². The van der Waals surface area contributed by atoms with Gasteiger partial charge in [0.05, 0.1) is 6.04 Å². The highest BCUT2D eigenvalue weighted by Gasteiger charge is 2.38. The van der Waals surface area contributed by atoms with E-state index in [1.165, 1.54) is 69.0 Å². The normalized spacial score (nSPS) is 30.9. The van der Waals surface area contributed by atoms with Crippen LogP contribution in [0.1, 0.15) is 51.9 Å². The third-order valence-electron chi connectivity index (χ3n) is 4.73. The number of hydrogen-bond acceptors (Lipinski definition) is 3. The largest absolute Gasteiger partial charge is 0.359 e. The standard InChI is InChI=1S/C15H27N3S/c1-13(11-18-9-5-6-10-18)16-14-17-15(12-19-14)7-3-2-4-8-15/h13H,2-12H2,1H3,(H,16,17). The summed E-state index contributed by atoms with van der Waals surface area (Å²) in [4.78, 5) is 7.48. The minimum Gasteiger partial charge on any atom is -0.359 e. The molecule has 3 nitrogen and oxygen atoms in total. The van der Waals surface area contributed by atoms with Crippen molar-refractivity contribution in [3.63, 3.8) is 0 Å². The van der Waals surface area contributed by atoms with Crippen molar-refractivity contribution in [3.05, 3.63) is 0 Å². The van der Waals surface area contributed by atoms with Crippen LogP contribution in [0.25, 0.3) is 0 Å². The smallest absolute Gasteiger partial charge is 0.157 e. The lowest BCUT2D eigenvalue weighted by molar-refractivity contribution is 0.302. The first-order valence-corrected chi connectivity index (χ1v) is 8.96. The van der Waals surface area contributed by atoms with E-state index < -0.39 is 0 Å². The van der Waals surface area contributed by atoms with E-state index in [4.69, 9.17) is 4.99 Å². The molecule has 4 heteroatoms. The van der Waals surface area contributed by atoms with Crippen molar-refractivity contribution in [2.75, 3.05) is 25.4 Å². The fraction of sp³-hybridized carbons (Fsp3) is 0.933. The topological polar surface area (TPSA) is 27.6 Å². The number of thioether (sulfide) groups is 1. The van der Waals surface area contributed by atoms with Gasteiger partial charge in [0.2, 0.25) is 0 Å². The SMILES string of the molecule is CC(CN1CCCC1)N=C1NC2(CCCCC2)CS1. The Morgan fingerprint density at radius 2 is 1.95 bits per heavy atom. The van der Waals surface area contributed by atoms with Crippen LogP contribution in [0.2, 0.25) is 0 Å². The third kappa shape index (κ3) is 3.46. The zero-order chi connectivity index (χ0) is 13.1. The number of amidine groups is 1. The molecule has 1 aliphatic carbocycles. The Kier molecular flexibility index (Phi) is 4.37. The molecular formula is C15H27N3S. The molecule has 19 heavy (non-hydrogen) atoms. The number of likely N-dealkylation sites (tertiary alicyclic amines) is 1. The summed E-state index contributed by atoms with van der Waals surface area (Å²) in [7, 11) is 0. The molecule has 1 atom stereocenters. The summed E-state index contributed by atoms with van der Waals surface area (Å²) >= 11 is 1.95. The second-order valence-electron chi connectivity index (χ2n) is 6.55. The predicted octanol–water partition coefficient (Wildman–Crippen LogP) is 2.87. The van der Waals surface area contributed by atoms with Crippen LogP contribution in [-0.2, 0) is 0 Å². The first kappa shape index (κ1) is 13.7. The molecule has 2 saturated heterocycles. The quantitative estimate of drug-likeness (QED) is 0.862. The molecule has 1 unspecified atom stereocenters. The third-order valence-corrected chi connectivity index (χ3v) is 5.90. The molecule has 3 rings (SSSR count). The highest BCUT2D eigenvalue weighted by Crippen LogP contribution is 2.36. The molecule has 2 heterocycles. The van der Waals surface area contributed by atoms with Gasteiger partial charge in [-0.05, 0) is 45.7 Å². The number of rotatable bonds is 3. The van der Waals surface area contributed by atoms with Crippen LogP contribution >= 0.6 is 11.8 Å². The van der Waals surface area contributed by atoms with Gasteiger partial charge in [-0.15, -0.1) is 0 Å².